The molecule has 0 aromatic heterocycles. The minimum Gasteiger partial charge on any atom is -0.550 e. The summed E-state index contributed by atoms with van der Waals surface area (Å²) in [5.74, 6) is -0.972. The Hall–Kier alpha value is -2.13. The van der Waals surface area contributed by atoms with Crippen LogP contribution in [0.4, 0.5) is 5.69 Å². The molecule has 1 saturated carbocycles. The van der Waals surface area contributed by atoms with Crippen molar-refractivity contribution in [2.45, 2.75) is 109 Å². The van der Waals surface area contributed by atoms with E-state index in [1.54, 1.807) is 0 Å². The van der Waals surface area contributed by atoms with Crippen molar-refractivity contribution in [1.82, 2.24) is 0 Å². The van der Waals surface area contributed by atoms with E-state index in [0.29, 0.717) is 24.4 Å². The maximum atomic E-state index is 13.8. The average Bonchev–Trinajstić information content (AvgIpc) is 3.03. The molecule has 49 heavy (non-hydrogen) atoms. The second-order valence-corrected chi connectivity index (χ2v) is 14.6. The predicted molar refractivity (Wildman–Crippen MR) is 179 cm³/mol. The molecule has 1 heterocycles. The number of aliphatic carboxylic acids is 2. The molecule has 1 atom stereocenters. The van der Waals surface area contributed by atoms with E-state index in [0.717, 1.165) is 53.0 Å². The molecule has 1 N–H and O–H groups in total. The summed E-state index contributed by atoms with van der Waals surface area (Å²) in [5.41, 5.74) is 2.58. The quantitative estimate of drug-likeness (QED) is 0.267. The number of carboxylic acids is 2. The molecule has 0 spiro atoms. The number of benzene rings is 3. The summed E-state index contributed by atoms with van der Waals surface area (Å²) in [4.78, 5) is 38.1. The molecule has 1 fully saturated rings. The number of amides is 1. The van der Waals surface area contributed by atoms with Crippen LogP contribution in [0.5, 0.6) is 11.5 Å². The summed E-state index contributed by atoms with van der Waals surface area (Å²) < 4.78 is 6.12. The second kappa shape index (κ2) is 18.4. The van der Waals surface area contributed by atoms with E-state index in [2.05, 4.69) is 26.1 Å². The number of carbonyl (C=O) groups excluding carboxylic acids is 3. The van der Waals surface area contributed by atoms with Crippen molar-refractivity contribution in [2.24, 2.45) is 11.3 Å². The normalized spacial score (nSPS) is 15.7. The number of nitrogens with one attached hydrogen (secondary N) is 1. The van der Waals surface area contributed by atoms with Crippen LogP contribution in [0.3, 0.4) is 0 Å². The summed E-state index contributed by atoms with van der Waals surface area (Å²) in [6, 6.07) is 21.4. The van der Waals surface area contributed by atoms with Crippen molar-refractivity contribution < 1.29 is 88.4 Å². The van der Waals surface area contributed by atoms with Gasteiger partial charge in [-0.05, 0) is 66.3 Å². The Balaban J connectivity index is 0.00000325. The first-order chi connectivity index (χ1) is 22.4. The number of ether oxygens (including phenoxy) is 1. The van der Waals surface area contributed by atoms with Crippen LogP contribution in [0.15, 0.2) is 66.7 Å². The van der Waals surface area contributed by atoms with E-state index >= 15 is 0 Å². The Morgan fingerprint density at radius 3 is 2.02 bits per heavy atom. The van der Waals surface area contributed by atoms with Crippen LogP contribution in [0, 0.1) is 11.3 Å². The number of para-hydroxylation sites is 2. The molecule has 0 saturated heterocycles. The largest absolute Gasteiger partial charge is 1.00 e. The molecule has 5 rings (SSSR count). The van der Waals surface area contributed by atoms with Gasteiger partial charge >= 0.3 is 59.1 Å². The number of aryl methyl sites for hydroxylation is 1. The minimum absolute atomic E-state index is 0. The average molecular weight is 684 g/mol. The molecule has 250 valence electrons. The van der Waals surface area contributed by atoms with Crippen LogP contribution in [0.25, 0.3) is 0 Å². The fraction of sp³-hybridized carbons (Fsp3) is 0.475. The number of rotatable bonds is 13. The maximum Gasteiger partial charge on any atom is 1.00 e. The molecule has 1 aliphatic heterocycles. The Bertz CT molecular complexity index is 1550. The standard InChI is InChI=1S/C40H49NO6.2Na/c1-39(2,3)32-20-19-28(21-23-40(38(45)46,26-37(43)44)22-11-14-27-12-5-4-6-13-27)24-33(32)41-36(42)25-31-29-15-7-9-17-34(29)47-35-18-10-8-16-30(31)35;;/h7-10,15-20,24,27,31H,4-6,11-14,21-23,25-26H2,1-3H3,(H,41,42)(H,43,44)(H,45,46);;/q;2*+1/p-2. The van der Waals surface area contributed by atoms with Gasteiger partial charge in [0.05, 0.1) is 0 Å². The molecule has 3 aromatic carbocycles. The van der Waals surface area contributed by atoms with E-state index in [9.17, 15) is 24.6 Å². The molecule has 2 aliphatic rings. The maximum absolute atomic E-state index is 13.8. The molecule has 3 aromatic rings. The number of carboxylic acid groups (broad SMARTS) is 2. The number of hydrogen-bond acceptors (Lipinski definition) is 6. The third kappa shape index (κ3) is 10.7. The summed E-state index contributed by atoms with van der Waals surface area (Å²) >= 11 is 0. The second-order valence-electron chi connectivity index (χ2n) is 14.6. The van der Waals surface area contributed by atoms with Gasteiger partial charge in [-0.15, -0.1) is 0 Å². The zero-order valence-electron chi connectivity index (χ0n) is 29.9. The minimum atomic E-state index is -1.51. The van der Waals surface area contributed by atoms with Gasteiger partial charge in [-0.25, -0.2) is 0 Å². The molecule has 0 bridgehead atoms. The van der Waals surface area contributed by atoms with E-state index in [1.165, 1.54) is 19.3 Å². The fourth-order valence-corrected chi connectivity index (χ4v) is 7.56. The third-order valence-corrected chi connectivity index (χ3v) is 10.2. The fourth-order valence-electron chi connectivity index (χ4n) is 7.56. The van der Waals surface area contributed by atoms with Gasteiger partial charge in [0.15, 0.2) is 0 Å². The van der Waals surface area contributed by atoms with Gasteiger partial charge in [0.1, 0.15) is 11.5 Å². The van der Waals surface area contributed by atoms with E-state index < -0.39 is 23.8 Å². The van der Waals surface area contributed by atoms with Crippen LogP contribution in [-0.2, 0) is 26.2 Å². The first kappa shape index (κ1) is 41.3. The van der Waals surface area contributed by atoms with Crippen LogP contribution < -0.4 is 79.4 Å². The number of hydrogen-bond donors (Lipinski definition) is 1. The summed E-state index contributed by atoms with van der Waals surface area (Å²) in [6.07, 6.45) is 7.85. The van der Waals surface area contributed by atoms with E-state index in [4.69, 9.17) is 4.74 Å². The summed E-state index contributed by atoms with van der Waals surface area (Å²) in [6.45, 7) is 6.24. The van der Waals surface area contributed by atoms with Gasteiger partial charge in [-0.1, -0.05) is 114 Å². The molecular weight excluding hydrogens is 636 g/mol. The first-order valence-corrected chi connectivity index (χ1v) is 17.2. The van der Waals surface area contributed by atoms with Crippen molar-refractivity contribution in [3.8, 4) is 11.5 Å². The number of carbonyl (C=O) groups is 3. The van der Waals surface area contributed by atoms with Gasteiger partial charge in [0.2, 0.25) is 5.91 Å². The van der Waals surface area contributed by atoms with Crippen molar-refractivity contribution in [1.29, 1.82) is 0 Å². The Morgan fingerprint density at radius 2 is 1.45 bits per heavy atom. The summed E-state index contributed by atoms with van der Waals surface area (Å²) in [7, 11) is 0. The zero-order chi connectivity index (χ0) is 33.6. The van der Waals surface area contributed by atoms with Crippen molar-refractivity contribution >= 4 is 23.5 Å². The van der Waals surface area contributed by atoms with Gasteiger partial charge in [0.25, 0.3) is 0 Å². The molecule has 1 aliphatic carbocycles. The Labute approximate surface area is 335 Å². The van der Waals surface area contributed by atoms with E-state index in [-0.39, 0.29) is 95.6 Å². The van der Waals surface area contributed by atoms with Crippen LogP contribution in [0.2, 0.25) is 0 Å². The molecule has 1 unspecified atom stereocenters. The topological polar surface area (TPSA) is 119 Å². The predicted octanol–water partition coefficient (Wildman–Crippen LogP) is 0.818. The molecule has 1 amide bonds. The molecule has 7 nitrogen and oxygen atoms in total. The summed E-state index contributed by atoms with van der Waals surface area (Å²) in [5, 5.41) is 27.5. The van der Waals surface area contributed by atoms with Crippen LogP contribution in [0.1, 0.15) is 120 Å². The molecule has 9 heteroatoms. The third-order valence-electron chi connectivity index (χ3n) is 10.2. The van der Waals surface area contributed by atoms with Gasteiger partial charge in [0, 0.05) is 46.5 Å². The monoisotopic (exact) mass is 683 g/mol. The van der Waals surface area contributed by atoms with Crippen molar-refractivity contribution in [3.05, 3.63) is 89.0 Å². The first-order valence-electron chi connectivity index (χ1n) is 17.2. The van der Waals surface area contributed by atoms with Crippen LogP contribution >= 0.6 is 0 Å². The molecular formula is C40H47NNa2O6. The Kier molecular flexibility index (Phi) is 15.5. The number of anilines is 1. The van der Waals surface area contributed by atoms with Crippen molar-refractivity contribution in [2.75, 3.05) is 5.32 Å². The van der Waals surface area contributed by atoms with Crippen molar-refractivity contribution in [3.63, 3.8) is 0 Å². The molecule has 0 radical (unpaired) electrons. The zero-order valence-corrected chi connectivity index (χ0v) is 33.9. The van der Waals surface area contributed by atoms with Gasteiger partial charge in [-0.3, -0.25) is 4.79 Å². The SMILES string of the molecule is CC(C)(C)c1ccc(CCC(CCCC2CCCCC2)(CC(=O)[O-])C(=O)[O-])cc1NC(=O)CC1c2ccccc2Oc2ccccc21.[Na+].[Na+]. The smallest absolute Gasteiger partial charge is 0.550 e. The Morgan fingerprint density at radius 1 is 0.837 bits per heavy atom. The van der Waals surface area contributed by atoms with E-state index in [1.807, 2.05) is 66.7 Å². The van der Waals surface area contributed by atoms with Crippen LogP contribution in [-0.4, -0.2) is 17.8 Å². The number of fused-ring (bicyclic) bond motifs is 2. The van der Waals surface area contributed by atoms with Gasteiger partial charge in [-0.2, -0.15) is 0 Å². The van der Waals surface area contributed by atoms with Gasteiger partial charge < -0.3 is 29.9 Å².